The Morgan fingerprint density at radius 2 is 2.21 bits per heavy atom. The van der Waals surface area contributed by atoms with Gasteiger partial charge in [0.15, 0.2) is 10.5 Å². The average Bonchev–Trinajstić information content (AvgIpc) is 2.79. The number of ether oxygens (including phenoxy) is 1. The summed E-state index contributed by atoms with van der Waals surface area (Å²) in [5.74, 6) is 0.669. The number of rotatable bonds is 4. The highest BCUT2D eigenvalue weighted by atomic mass is 32.2. The molecule has 0 aliphatic carbocycles. The van der Waals surface area contributed by atoms with Crippen LogP contribution in [0.4, 0.5) is 4.79 Å². The lowest BCUT2D eigenvalue weighted by molar-refractivity contribution is -0.117. The SMILES string of the molecule is CNC(=O)N(O)[C@@H]1N(/N=C\c2ccccc2OC)C(=S)SC1(C)C. The molecule has 0 saturated carbocycles. The minimum atomic E-state index is -0.735. The molecule has 9 heteroatoms. The molecule has 2 rings (SSSR count). The van der Waals surface area contributed by atoms with E-state index < -0.39 is 16.9 Å². The largest absolute Gasteiger partial charge is 0.496 e. The van der Waals surface area contributed by atoms with Gasteiger partial charge < -0.3 is 10.1 Å². The molecular weight excluding hydrogens is 348 g/mol. The lowest BCUT2D eigenvalue weighted by Gasteiger charge is -2.33. The normalized spacial score (nSPS) is 19.6. The molecule has 7 nitrogen and oxygen atoms in total. The Balaban J connectivity index is 2.33. The van der Waals surface area contributed by atoms with Crippen LogP contribution in [0.3, 0.4) is 0 Å². The van der Waals surface area contributed by atoms with Crippen LogP contribution < -0.4 is 10.1 Å². The zero-order valence-corrected chi connectivity index (χ0v) is 15.5. The van der Waals surface area contributed by atoms with Gasteiger partial charge in [-0.1, -0.05) is 36.1 Å². The van der Waals surface area contributed by atoms with Gasteiger partial charge in [-0.15, -0.1) is 0 Å². The van der Waals surface area contributed by atoms with Gasteiger partial charge in [0.2, 0.25) is 0 Å². The first kappa shape index (κ1) is 18.5. The molecule has 0 bridgehead atoms. The predicted molar refractivity (Wildman–Crippen MR) is 98.6 cm³/mol. The Labute approximate surface area is 150 Å². The van der Waals surface area contributed by atoms with Crippen LogP contribution in [0.15, 0.2) is 29.4 Å². The summed E-state index contributed by atoms with van der Waals surface area (Å²) in [6.07, 6.45) is 0.860. The van der Waals surface area contributed by atoms with Crippen molar-refractivity contribution in [3.8, 4) is 5.75 Å². The number of hydrazone groups is 1. The standard InChI is InChI=1S/C15H20N4O3S2/c1-15(2)12(19(21)13(20)16-3)18(14(23)24-15)17-9-10-7-5-6-8-11(10)22-4/h5-9,12,21H,1-4H3,(H,16,20)/b17-9-/t12-/m0/s1. The van der Waals surface area contributed by atoms with Crippen molar-refractivity contribution in [2.45, 2.75) is 24.8 Å². The van der Waals surface area contributed by atoms with Crippen molar-refractivity contribution < 1.29 is 14.7 Å². The van der Waals surface area contributed by atoms with Crippen molar-refractivity contribution in [3.05, 3.63) is 29.8 Å². The molecule has 130 valence electrons. The second kappa shape index (κ2) is 7.37. The van der Waals surface area contributed by atoms with Crippen LogP contribution in [0.25, 0.3) is 0 Å². The number of para-hydroxylation sites is 1. The predicted octanol–water partition coefficient (Wildman–Crippen LogP) is 2.50. The van der Waals surface area contributed by atoms with Crippen LogP contribution in [0, 0.1) is 0 Å². The molecule has 0 unspecified atom stereocenters. The van der Waals surface area contributed by atoms with Crippen molar-refractivity contribution in [3.63, 3.8) is 0 Å². The van der Waals surface area contributed by atoms with Crippen molar-refractivity contribution in [2.24, 2.45) is 5.10 Å². The van der Waals surface area contributed by atoms with E-state index in [2.05, 4.69) is 10.4 Å². The average molecular weight is 368 g/mol. The zero-order valence-electron chi connectivity index (χ0n) is 13.9. The van der Waals surface area contributed by atoms with E-state index in [-0.39, 0.29) is 0 Å². The number of benzene rings is 1. The molecule has 24 heavy (non-hydrogen) atoms. The molecule has 1 aromatic carbocycles. The highest BCUT2D eigenvalue weighted by molar-refractivity contribution is 8.24. The van der Waals surface area contributed by atoms with Crippen LogP contribution >= 0.6 is 24.0 Å². The van der Waals surface area contributed by atoms with E-state index in [1.54, 1.807) is 13.3 Å². The van der Waals surface area contributed by atoms with Gasteiger partial charge in [0.05, 0.1) is 18.1 Å². The fourth-order valence-electron chi connectivity index (χ4n) is 2.35. The molecule has 1 fully saturated rings. The second-order valence-electron chi connectivity index (χ2n) is 5.58. The Kier molecular flexibility index (Phi) is 5.68. The number of amides is 2. The fraction of sp³-hybridized carbons (Fsp3) is 0.400. The number of carbonyl (C=O) groups is 1. The first-order chi connectivity index (χ1) is 11.3. The van der Waals surface area contributed by atoms with Crippen molar-refractivity contribution in [2.75, 3.05) is 14.2 Å². The number of urea groups is 1. The van der Waals surface area contributed by atoms with Gasteiger partial charge in [-0.05, 0) is 26.0 Å². The minimum Gasteiger partial charge on any atom is -0.496 e. The van der Waals surface area contributed by atoms with Crippen molar-refractivity contribution in [1.82, 2.24) is 15.4 Å². The maximum atomic E-state index is 11.8. The molecule has 2 N–H and O–H groups in total. The topological polar surface area (TPSA) is 77.4 Å². The van der Waals surface area contributed by atoms with Crippen molar-refractivity contribution >= 4 is 40.5 Å². The van der Waals surface area contributed by atoms with Crippen LogP contribution in [-0.2, 0) is 0 Å². The zero-order chi connectivity index (χ0) is 17.9. The molecule has 2 amide bonds. The number of nitrogens with zero attached hydrogens (tertiary/aromatic N) is 3. The molecular formula is C15H20N4O3S2. The monoisotopic (exact) mass is 368 g/mol. The number of thioether (sulfide) groups is 1. The van der Waals surface area contributed by atoms with Gasteiger partial charge in [0.25, 0.3) is 0 Å². The third-order valence-electron chi connectivity index (χ3n) is 3.50. The summed E-state index contributed by atoms with van der Waals surface area (Å²) < 4.78 is 5.23. The molecule has 1 heterocycles. The highest BCUT2D eigenvalue weighted by Crippen LogP contribution is 2.42. The van der Waals surface area contributed by atoms with Crippen LogP contribution in [0.2, 0.25) is 0 Å². The highest BCUT2D eigenvalue weighted by Gasteiger charge is 2.49. The van der Waals surface area contributed by atoms with Gasteiger partial charge in [-0.25, -0.2) is 9.80 Å². The van der Waals surface area contributed by atoms with Gasteiger partial charge in [0, 0.05) is 12.6 Å². The van der Waals surface area contributed by atoms with E-state index in [1.165, 1.54) is 23.8 Å². The summed E-state index contributed by atoms with van der Waals surface area (Å²) in [5.41, 5.74) is 0.765. The summed E-state index contributed by atoms with van der Waals surface area (Å²) in [4.78, 5) is 11.8. The number of nitrogens with one attached hydrogen (secondary N) is 1. The number of carbonyl (C=O) groups excluding carboxylic acids is 1. The fourth-order valence-corrected chi connectivity index (χ4v) is 4.14. The van der Waals surface area contributed by atoms with Crippen LogP contribution in [0.1, 0.15) is 19.4 Å². The smallest absolute Gasteiger partial charge is 0.343 e. The number of hydroxylamine groups is 2. The van der Waals surface area contributed by atoms with E-state index in [0.717, 1.165) is 5.56 Å². The Hall–Kier alpha value is -1.84. The molecule has 1 aliphatic heterocycles. The number of hydrogen-bond donors (Lipinski definition) is 2. The summed E-state index contributed by atoms with van der Waals surface area (Å²) in [5, 5.41) is 19.1. The van der Waals surface area contributed by atoms with E-state index in [1.807, 2.05) is 38.1 Å². The summed E-state index contributed by atoms with van der Waals surface area (Å²) in [6.45, 7) is 3.78. The lowest BCUT2D eigenvalue weighted by atomic mass is 10.1. The quantitative estimate of drug-likeness (QED) is 0.368. The second-order valence-corrected chi connectivity index (χ2v) is 7.86. The minimum absolute atomic E-state index is 0.471. The molecule has 0 aromatic heterocycles. The Morgan fingerprint density at radius 1 is 1.54 bits per heavy atom. The van der Waals surface area contributed by atoms with E-state index in [9.17, 15) is 10.0 Å². The third-order valence-corrected chi connectivity index (χ3v) is 5.04. The number of methoxy groups -OCH3 is 1. The van der Waals surface area contributed by atoms with Crippen molar-refractivity contribution in [1.29, 1.82) is 0 Å². The first-order valence-electron chi connectivity index (χ1n) is 7.21. The third kappa shape index (κ3) is 3.63. The molecule has 1 aliphatic rings. The van der Waals surface area contributed by atoms with E-state index >= 15 is 0 Å². The summed E-state index contributed by atoms with van der Waals surface area (Å²) >= 11 is 6.73. The van der Waals surface area contributed by atoms with Gasteiger partial charge in [0.1, 0.15) is 5.75 Å². The van der Waals surface area contributed by atoms with Crippen LogP contribution in [0.5, 0.6) is 5.75 Å². The lowest BCUT2D eigenvalue weighted by Crippen LogP contribution is -2.55. The molecule has 0 spiro atoms. The van der Waals surface area contributed by atoms with Gasteiger partial charge in [-0.2, -0.15) is 10.2 Å². The van der Waals surface area contributed by atoms with E-state index in [4.69, 9.17) is 17.0 Å². The van der Waals surface area contributed by atoms with E-state index in [0.29, 0.717) is 15.1 Å². The summed E-state index contributed by atoms with van der Waals surface area (Å²) in [6, 6.07) is 6.77. The Bertz CT molecular complexity index is 666. The van der Waals surface area contributed by atoms with Gasteiger partial charge >= 0.3 is 6.03 Å². The van der Waals surface area contributed by atoms with Crippen LogP contribution in [-0.4, -0.2) is 56.9 Å². The number of thiocarbonyl (C=S) groups is 1. The maximum absolute atomic E-state index is 11.8. The van der Waals surface area contributed by atoms with Gasteiger partial charge in [-0.3, -0.25) is 5.21 Å². The number of hydrogen-bond acceptors (Lipinski definition) is 6. The Morgan fingerprint density at radius 3 is 2.83 bits per heavy atom. The molecule has 1 aromatic rings. The molecule has 0 radical (unpaired) electrons. The first-order valence-corrected chi connectivity index (χ1v) is 8.43. The maximum Gasteiger partial charge on any atom is 0.343 e. The summed E-state index contributed by atoms with van der Waals surface area (Å²) in [7, 11) is 3.03. The molecule has 1 atom stereocenters. The molecule has 1 saturated heterocycles.